The van der Waals surface area contributed by atoms with Gasteiger partial charge in [0.1, 0.15) is 6.61 Å². The molecular formula is C6H11NO5S. The highest BCUT2D eigenvalue weighted by molar-refractivity contribution is 7.99. The molecule has 0 heterocycles. The first-order valence-electron chi connectivity index (χ1n) is 3.67. The van der Waals surface area contributed by atoms with E-state index in [-0.39, 0.29) is 18.3 Å². The third-order valence-electron chi connectivity index (χ3n) is 0.950. The van der Waals surface area contributed by atoms with E-state index < -0.39 is 5.09 Å². The fraction of sp³-hybridized carbons (Fsp3) is 0.833. The van der Waals surface area contributed by atoms with Gasteiger partial charge in [0, 0.05) is 5.75 Å². The van der Waals surface area contributed by atoms with Crippen molar-refractivity contribution in [2.24, 2.45) is 0 Å². The molecule has 13 heavy (non-hydrogen) atoms. The van der Waals surface area contributed by atoms with E-state index in [4.69, 9.17) is 0 Å². The van der Waals surface area contributed by atoms with Crippen molar-refractivity contribution >= 4 is 17.7 Å². The lowest BCUT2D eigenvalue weighted by molar-refractivity contribution is -0.756. The molecule has 0 radical (unpaired) electrons. The third-order valence-corrected chi connectivity index (χ3v) is 1.84. The summed E-state index contributed by atoms with van der Waals surface area (Å²) in [5.74, 6) is 0.294. The van der Waals surface area contributed by atoms with Gasteiger partial charge in [-0.3, -0.25) is 4.79 Å². The SMILES string of the molecule is CCOC(=O)CSCCO[N+](=O)[O-]. The highest BCUT2D eigenvalue weighted by Gasteiger charge is 2.01. The summed E-state index contributed by atoms with van der Waals surface area (Å²) < 4.78 is 4.64. The summed E-state index contributed by atoms with van der Waals surface area (Å²) in [6.07, 6.45) is 0. The van der Waals surface area contributed by atoms with E-state index in [0.29, 0.717) is 12.4 Å². The highest BCUT2D eigenvalue weighted by Crippen LogP contribution is 2.00. The van der Waals surface area contributed by atoms with Crippen LogP contribution in [0.25, 0.3) is 0 Å². The number of esters is 1. The second-order valence-corrected chi connectivity index (χ2v) is 3.02. The highest BCUT2D eigenvalue weighted by atomic mass is 32.2. The van der Waals surface area contributed by atoms with E-state index in [1.807, 2.05) is 0 Å². The van der Waals surface area contributed by atoms with Gasteiger partial charge in [-0.05, 0) is 6.92 Å². The molecule has 0 rings (SSSR count). The van der Waals surface area contributed by atoms with E-state index in [9.17, 15) is 14.9 Å². The maximum absolute atomic E-state index is 10.7. The zero-order chi connectivity index (χ0) is 10.1. The van der Waals surface area contributed by atoms with E-state index in [1.165, 1.54) is 11.8 Å². The van der Waals surface area contributed by atoms with Crippen molar-refractivity contribution in [2.45, 2.75) is 6.92 Å². The minimum atomic E-state index is -0.856. The number of rotatable bonds is 7. The summed E-state index contributed by atoms with van der Waals surface area (Å²) in [6.45, 7) is 2.07. The molecule has 0 aliphatic heterocycles. The van der Waals surface area contributed by atoms with Gasteiger partial charge < -0.3 is 9.57 Å². The molecule has 0 N–H and O–H groups in total. The van der Waals surface area contributed by atoms with Gasteiger partial charge in [0.25, 0.3) is 5.09 Å². The Hall–Kier alpha value is -0.980. The lowest BCUT2D eigenvalue weighted by atomic mass is 10.8. The molecule has 0 aromatic rings. The monoisotopic (exact) mass is 209 g/mol. The van der Waals surface area contributed by atoms with Crippen LogP contribution in [0.3, 0.4) is 0 Å². The van der Waals surface area contributed by atoms with Crippen molar-refractivity contribution in [3.63, 3.8) is 0 Å². The fourth-order valence-electron chi connectivity index (χ4n) is 0.529. The smallest absolute Gasteiger partial charge is 0.315 e. The van der Waals surface area contributed by atoms with Crippen LogP contribution in [-0.4, -0.2) is 35.8 Å². The van der Waals surface area contributed by atoms with Crippen LogP contribution in [0, 0.1) is 10.1 Å². The second kappa shape index (κ2) is 7.66. The van der Waals surface area contributed by atoms with Gasteiger partial charge in [-0.1, -0.05) is 0 Å². The Kier molecular flexibility index (Phi) is 7.08. The molecule has 0 amide bonds. The molecule has 0 aromatic carbocycles. The Labute approximate surface area is 79.7 Å². The number of thioether (sulfide) groups is 1. The van der Waals surface area contributed by atoms with E-state index in [2.05, 4.69) is 9.57 Å². The second-order valence-electron chi connectivity index (χ2n) is 1.91. The predicted octanol–water partition coefficient (Wildman–Crippen LogP) is 0.491. The summed E-state index contributed by atoms with van der Waals surface area (Å²) >= 11 is 1.24. The standard InChI is InChI=1S/C6H11NO5S/c1-2-11-6(8)5-13-4-3-12-7(9)10/h2-5H2,1H3. The number of hydrogen-bond donors (Lipinski definition) is 0. The van der Waals surface area contributed by atoms with Crippen LogP contribution in [0.4, 0.5) is 0 Å². The van der Waals surface area contributed by atoms with E-state index in [0.717, 1.165) is 0 Å². The Bertz CT molecular complexity index is 174. The van der Waals surface area contributed by atoms with E-state index in [1.54, 1.807) is 6.92 Å². The van der Waals surface area contributed by atoms with Crippen LogP contribution in [0.1, 0.15) is 6.92 Å². The van der Waals surface area contributed by atoms with Gasteiger partial charge in [0.15, 0.2) is 0 Å². The number of carbonyl (C=O) groups is 1. The largest absolute Gasteiger partial charge is 0.465 e. The molecule has 0 fully saturated rings. The first-order valence-corrected chi connectivity index (χ1v) is 4.83. The maximum Gasteiger partial charge on any atom is 0.315 e. The van der Waals surface area contributed by atoms with Gasteiger partial charge >= 0.3 is 5.97 Å². The molecule has 0 aliphatic carbocycles. The van der Waals surface area contributed by atoms with E-state index >= 15 is 0 Å². The Morgan fingerprint density at radius 2 is 2.31 bits per heavy atom. The van der Waals surface area contributed by atoms with Gasteiger partial charge in [0.2, 0.25) is 0 Å². The molecule has 0 saturated carbocycles. The first kappa shape index (κ1) is 12.0. The molecule has 0 unspecified atom stereocenters. The van der Waals surface area contributed by atoms with Crippen LogP contribution in [0.2, 0.25) is 0 Å². The Balaban J connectivity index is 3.16. The summed E-state index contributed by atoms with van der Waals surface area (Å²) in [7, 11) is 0. The molecule has 6 nitrogen and oxygen atoms in total. The van der Waals surface area contributed by atoms with Gasteiger partial charge in [-0.15, -0.1) is 21.9 Å². The molecule has 7 heteroatoms. The minimum Gasteiger partial charge on any atom is -0.465 e. The zero-order valence-electron chi connectivity index (χ0n) is 7.23. The zero-order valence-corrected chi connectivity index (χ0v) is 8.04. The first-order chi connectivity index (χ1) is 6.16. The summed E-state index contributed by atoms with van der Waals surface area (Å²) in [5, 5.41) is 8.83. The average Bonchev–Trinajstić information content (AvgIpc) is 2.03. The molecule has 0 aliphatic rings. The molecular weight excluding hydrogens is 198 g/mol. The average molecular weight is 209 g/mol. The molecule has 76 valence electrons. The van der Waals surface area contributed by atoms with Gasteiger partial charge in [0.05, 0.1) is 12.4 Å². The lowest BCUT2D eigenvalue weighted by Gasteiger charge is -2.00. The number of nitrogens with zero attached hydrogens (tertiary/aromatic N) is 1. The minimum absolute atomic E-state index is 0.00291. The van der Waals surface area contributed by atoms with Gasteiger partial charge in [-0.25, -0.2) is 0 Å². The van der Waals surface area contributed by atoms with Crippen molar-refractivity contribution < 1.29 is 19.5 Å². The molecule has 0 spiro atoms. The number of carbonyl (C=O) groups excluding carboxylic acids is 1. The molecule has 0 atom stereocenters. The predicted molar refractivity (Wildman–Crippen MR) is 46.9 cm³/mol. The van der Waals surface area contributed by atoms with Crippen LogP contribution >= 0.6 is 11.8 Å². The Morgan fingerprint density at radius 1 is 1.62 bits per heavy atom. The van der Waals surface area contributed by atoms with Crippen molar-refractivity contribution in [3.05, 3.63) is 10.1 Å². The van der Waals surface area contributed by atoms with Crippen molar-refractivity contribution in [2.75, 3.05) is 24.7 Å². The van der Waals surface area contributed by atoms with Crippen molar-refractivity contribution in [1.82, 2.24) is 0 Å². The normalized spacial score (nSPS) is 9.31. The van der Waals surface area contributed by atoms with Crippen LogP contribution in [0.15, 0.2) is 0 Å². The molecule has 0 saturated heterocycles. The maximum atomic E-state index is 10.7. The van der Waals surface area contributed by atoms with Crippen LogP contribution in [0.5, 0.6) is 0 Å². The summed E-state index contributed by atoms with van der Waals surface area (Å²) in [6, 6.07) is 0. The molecule has 0 aromatic heterocycles. The lowest BCUT2D eigenvalue weighted by Crippen LogP contribution is -2.09. The summed E-state index contributed by atoms with van der Waals surface area (Å²) in [4.78, 5) is 24.4. The number of hydrogen-bond acceptors (Lipinski definition) is 6. The topological polar surface area (TPSA) is 78.7 Å². The quantitative estimate of drug-likeness (QED) is 0.263. The third kappa shape index (κ3) is 8.93. The van der Waals surface area contributed by atoms with Crippen molar-refractivity contribution in [3.8, 4) is 0 Å². The summed E-state index contributed by atoms with van der Waals surface area (Å²) in [5.41, 5.74) is 0. The molecule has 0 bridgehead atoms. The fourth-order valence-corrected chi connectivity index (χ4v) is 1.12. The number of ether oxygens (including phenoxy) is 1. The van der Waals surface area contributed by atoms with Crippen LogP contribution in [-0.2, 0) is 14.4 Å². The Morgan fingerprint density at radius 3 is 2.85 bits per heavy atom. The van der Waals surface area contributed by atoms with Crippen molar-refractivity contribution in [1.29, 1.82) is 0 Å². The van der Waals surface area contributed by atoms with Gasteiger partial charge in [-0.2, -0.15) is 0 Å². The van der Waals surface area contributed by atoms with Crippen LogP contribution < -0.4 is 0 Å².